The molecule has 1 amide bonds. The largest absolute Gasteiger partial charge is 0.375 e. The van der Waals surface area contributed by atoms with E-state index in [2.05, 4.69) is 34.3 Å². The van der Waals surface area contributed by atoms with Crippen molar-refractivity contribution in [2.24, 2.45) is 0 Å². The van der Waals surface area contributed by atoms with Crippen LogP contribution in [0.2, 0.25) is 0 Å². The molecule has 2 aliphatic heterocycles. The Hall–Kier alpha value is -1.63. The van der Waals surface area contributed by atoms with E-state index in [9.17, 15) is 4.79 Å². The summed E-state index contributed by atoms with van der Waals surface area (Å²) in [5.74, 6) is 0.0567. The van der Waals surface area contributed by atoms with Gasteiger partial charge in [-0.2, -0.15) is 0 Å². The molecule has 1 N–H and O–H groups in total. The number of rotatable bonds is 6. The number of anilines is 1. The van der Waals surface area contributed by atoms with Gasteiger partial charge in [0.1, 0.15) is 0 Å². The van der Waals surface area contributed by atoms with Crippen LogP contribution in [-0.4, -0.2) is 88.3 Å². The van der Waals surface area contributed by atoms with Gasteiger partial charge in [-0.05, 0) is 50.7 Å². The van der Waals surface area contributed by atoms with E-state index in [4.69, 9.17) is 4.74 Å². The quantitative estimate of drug-likeness (QED) is 0.828. The number of likely N-dealkylation sites (tertiary alicyclic amines) is 1. The van der Waals surface area contributed by atoms with Gasteiger partial charge in [-0.3, -0.25) is 4.79 Å². The fourth-order valence-corrected chi connectivity index (χ4v) is 3.67. The van der Waals surface area contributed by atoms with Crippen LogP contribution >= 0.6 is 0 Å². The molecule has 0 unspecified atom stereocenters. The van der Waals surface area contributed by atoms with Gasteiger partial charge in [-0.15, -0.1) is 0 Å². The van der Waals surface area contributed by atoms with Gasteiger partial charge in [0.05, 0.1) is 12.7 Å². The second-order valence-corrected chi connectivity index (χ2v) is 7.41. The van der Waals surface area contributed by atoms with Crippen molar-refractivity contribution in [2.75, 3.05) is 71.4 Å². The number of carbonyl (C=O) groups excluding carboxylic acids is 1. The lowest BCUT2D eigenvalue weighted by Crippen LogP contribution is -2.43. The highest BCUT2D eigenvalue weighted by Crippen LogP contribution is 2.17. The van der Waals surface area contributed by atoms with Crippen LogP contribution < -0.4 is 10.2 Å². The Bertz CT molecular complexity index is 572. The third kappa shape index (κ3) is 5.19. The number of likely N-dealkylation sites (N-methyl/N-ethyl adjacent to an activating group) is 2. The molecular formula is C20H32N4O2. The number of piperidine rings is 1. The zero-order chi connectivity index (χ0) is 18.4. The van der Waals surface area contributed by atoms with Gasteiger partial charge in [0.15, 0.2) is 0 Å². The zero-order valence-electron chi connectivity index (χ0n) is 16.1. The third-order valence-corrected chi connectivity index (χ3v) is 5.30. The summed E-state index contributed by atoms with van der Waals surface area (Å²) < 4.78 is 5.96. The minimum absolute atomic E-state index is 0.0567. The summed E-state index contributed by atoms with van der Waals surface area (Å²) in [6.45, 7) is 7.42. The molecule has 0 aromatic heterocycles. The standard InChI is InChI=1S/C20H32N4O2/c1-22-11-3-4-19(16-22)26-15-14-23(2)20(25)17-5-7-18(8-6-17)24-12-9-21-10-13-24/h5-8,19,21H,3-4,9-16H2,1-2H3/t19-/m1/s1. The SMILES string of the molecule is CN1CCC[C@@H](OCCN(C)C(=O)c2ccc(N3CCNCC3)cc2)C1. The first kappa shape index (κ1) is 19.1. The third-order valence-electron chi connectivity index (χ3n) is 5.30. The Morgan fingerprint density at radius 2 is 1.96 bits per heavy atom. The number of ether oxygens (including phenoxy) is 1. The Labute approximate surface area is 157 Å². The van der Waals surface area contributed by atoms with Crippen LogP contribution in [-0.2, 0) is 4.74 Å². The lowest BCUT2D eigenvalue weighted by Gasteiger charge is -2.30. The molecule has 144 valence electrons. The minimum atomic E-state index is 0.0567. The molecule has 0 saturated carbocycles. The molecule has 0 spiro atoms. The van der Waals surface area contributed by atoms with E-state index in [1.54, 1.807) is 4.90 Å². The molecule has 1 aromatic rings. The van der Waals surface area contributed by atoms with Crippen molar-refractivity contribution >= 4 is 11.6 Å². The average molecular weight is 361 g/mol. The Balaban J connectivity index is 1.45. The number of benzene rings is 1. The van der Waals surface area contributed by atoms with E-state index in [0.29, 0.717) is 19.3 Å². The molecular weight excluding hydrogens is 328 g/mol. The van der Waals surface area contributed by atoms with E-state index in [-0.39, 0.29) is 5.91 Å². The first-order valence-corrected chi connectivity index (χ1v) is 9.75. The predicted molar refractivity (Wildman–Crippen MR) is 105 cm³/mol. The average Bonchev–Trinajstić information content (AvgIpc) is 2.68. The highest BCUT2D eigenvalue weighted by atomic mass is 16.5. The Kier molecular flexibility index (Phi) is 6.88. The van der Waals surface area contributed by atoms with Gasteiger partial charge < -0.3 is 24.8 Å². The monoisotopic (exact) mass is 360 g/mol. The van der Waals surface area contributed by atoms with Gasteiger partial charge in [-0.25, -0.2) is 0 Å². The summed E-state index contributed by atoms with van der Waals surface area (Å²) in [5, 5.41) is 3.36. The van der Waals surface area contributed by atoms with Gasteiger partial charge in [-0.1, -0.05) is 0 Å². The molecule has 0 bridgehead atoms. The van der Waals surface area contributed by atoms with E-state index in [0.717, 1.165) is 51.3 Å². The highest BCUT2D eigenvalue weighted by molar-refractivity contribution is 5.94. The van der Waals surface area contributed by atoms with Crippen molar-refractivity contribution in [3.8, 4) is 0 Å². The summed E-state index contributed by atoms with van der Waals surface area (Å²) in [6, 6.07) is 7.99. The maximum atomic E-state index is 12.6. The number of nitrogens with one attached hydrogen (secondary N) is 1. The second-order valence-electron chi connectivity index (χ2n) is 7.41. The van der Waals surface area contributed by atoms with Crippen molar-refractivity contribution in [1.82, 2.24) is 15.1 Å². The molecule has 0 radical (unpaired) electrons. The van der Waals surface area contributed by atoms with Crippen LogP contribution in [0.1, 0.15) is 23.2 Å². The fourth-order valence-electron chi connectivity index (χ4n) is 3.67. The summed E-state index contributed by atoms with van der Waals surface area (Å²) in [7, 11) is 3.98. The van der Waals surface area contributed by atoms with Gasteiger partial charge in [0, 0.05) is 57.6 Å². The maximum absolute atomic E-state index is 12.6. The molecule has 6 heteroatoms. The van der Waals surface area contributed by atoms with Gasteiger partial charge >= 0.3 is 0 Å². The van der Waals surface area contributed by atoms with Crippen molar-refractivity contribution in [3.63, 3.8) is 0 Å². The van der Waals surface area contributed by atoms with E-state index < -0.39 is 0 Å². The molecule has 26 heavy (non-hydrogen) atoms. The minimum Gasteiger partial charge on any atom is -0.375 e. The van der Waals surface area contributed by atoms with E-state index in [1.807, 2.05) is 19.2 Å². The molecule has 2 heterocycles. The van der Waals surface area contributed by atoms with Crippen LogP contribution in [0.25, 0.3) is 0 Å². The normalized spacial score (nSPS) is 21.6. The van der Waals surface area contributed by atoms with Gasteiger partial charge in [0.2, 0.25) is 0 Å². The number of piperazine rings is 1. The molecule has 2 fully saturated rings. The summed E-state index contributed by atoms with van der Waals surface area (Å²) in [4.78, 5) is 19.0. The number of hydrogen-bond donors (Lipinski definition) is 1. The lowest BCUT2D eigenvalue weighted by atomic mass is 10.1. The zero-order valence-corrected chi connectivity index (χ0v) is 16.1. The fraction of sp³-hybridized carbons (Fsp3) is 0.650. The van der Waals surface area contributed by atoms with Crippen LogP contribution in [0.15, 0.2) is 24.3 Å². The number of nitrogens with zero attached hydrogens (tertiary/aromatic N) is 3. The van der Waals surface area contributed by atoms with Crippen LogP contribution in [0, 0.1) is 0 Å². The number of carbonyl (C=O) groups is 1. The van der Waals surface area contributed by atoms with E-state index in [1.165, 1.54) is 12.1 Å². The highest BCUT2D eigenvalue weighted by Gasteiger charge is 2.18. The second kappa shape index (κ2) is 9.35. The molecule has 1 aromatic carbocycles. The summed E-state index contributed by atoms with van der Waals surface area (Å²) >= 11 is 0. The lowest BCUT2D eigenvalue weighted by molar-refractivity contribution is 0.0000396. The molecule has 3 rings (SSSR count). The van der Waals surface area contributed by atoms with Crippen LogP contribution in [0.5, 0.6) is 0 Å². The molecule has 1 atom stereocenters. The van der Waals surface area contributed by atoms with Crippen LogP contribution in [0.4, 0.5) is 5.69 Å². The topological polar surface area (TPSA) is 48.1 Å². The number of amides is 1. The van der Waals surface area contributed by atoms with Crippen LogP contribution in [0.3, 0.4) is 0 Å². The molecule has 2 saturated heterocycles. The van der Waals surface area contributed by atoms with Crippen molar-refractivity contribution < 1.29 is 9.53 Å². The van der Waals surface area contributed by atoms with Crippen molar-refractivity contribution in [3.05, 3.63) is 29.8 Å². The molecule has 0 aliphatic carbocycles. The molecule has 2 aliphatic rings. The van der Waals surface area contributed by atoms with Crippen molar-refractivity contribution in [2.45, 2.75) is 18.9 Å². The predicted octanol–water partition coefficient (Wildman–Crippen LogP) is 1.28. The first-order valence-electron chi connectivity index (χ1n) is 9.75. The summed E-state index contributed by atoms with van der Waals surface area (Å²) in [6.07, 6.45) is 2.61. The molecule has 6 nitrogen and oxygen atoms in total. The van der Waals surface area contributed by atoms with E-state index >= 15 is 0 Å². The smallest absolute Gasteiger partial charge is 0.253 e. The van der Waals surface area contributed by atoms with Gasteiger partial charge in [0.25, 0.3) is 5.91 Å². The summed E-state index contributed by atoms with van der Waals surface area (Å²) in [5.41, 5.74) is 1.93. The van der Waals surface area contributed by atoms with Crippen molar-refractivity contribution in [1.29, 1.82) is 0 Å². The first-order chi connectivity index (χ1) is 12.6. The maximum Gasteiger partial charge on any atom is 0.253 e. The number of hydrogen-bond acceptors (Lipinski definition) is 5. The Morgan fingerprint density at radius 1 is 1.23 bits per heavy atom. The Morgan fingerprint density at radius 3 is 2.65 bits per heavy atom.